The van der Waals surface area contributed by atoms with Crippen molar-refractivity contribution < 1.29 is 46.3 Å². The molecule has 0 radical (unpaired) electrons. The summed E-state index contributed by atoms with van der Waals surface area (Å²) < 4.78 is 68.3. The van der Waals surface area contributed by atoms with Crippen LogP contribution in [0.25, 0.3) is 11.2 Å². The highest BCUT2D eigenvalue weighted by Gasteiger charge is 2.64. The largest absolute Gasteiger partial charge is 0.509 e. The number of hydrogen-bond acceptors (Lipinski definition) is 13. The number of hydrogen-bond donors (Lipinski definition) is 1. The van der Waals surface area contributed by atoms with Crippen LogP contribution in [-0.2, 0) is 32.3 Å². The Bertz CT molecular complexity index is 1470. The summed E-state index contributed by atoms with van der Waals surface area (Å²) in [6.07, 6.45) is -2.94. The lowest BCUT2D eigenvalue weighted by Crippen LogP contribution is -2.42. The van der Waals surface area contributed by atoms with E-state index in [4.69, 9.17) is 38.3 Å². The maximum absolute atomic E-state index is 14.3. The topological polar surface area (TPSA) is 168 Å². The summed E-state index contributed by atoms with van der Waals surface area (Å²) in [4.78, 5) is 24.9. The van der Waals surface area contributed by atoms with Gasteiger partial charge in [0.1, 0.15) is 11.9 Å². The molecule has 1 aromatic carbocycles. The molecule has 208 valence electrons. The average Bonchev–Trinajstić information content (AvgIpc) is 3.52. The van der Waals surface area contributed by atoms with E-state index < -0.39 is 49.9 Å². The number of carbonyl (C=O) groups excluding carboxylic acids is 1. The van der Waals surface area contributed by atoms with Crippen LogP contribution in [0.2, 0.25) is 0 Å². The lowest BCUT2D eigenvalue weighted by Gasteiger charge is -2.30. The van der Waals surface area contributed by atoms with Crippen LogP contribution in [0, 0.1) is 5.82 Å². The minimum Gasteiger partial charge on any atom is -0.476 e. The first-order valence-electron chi connectivity index (χ1n) is 12.2. The fourth-order valence-electron chi connectivity index (χ4n) is 4.97. The summed E-state index contributed by atoms with van der Waals surface area (Å²) in [5.74, 6) is -0.360. The van der Waals surface area contributed by atoms with E-state index in [-0.39, 0.29) is 42.7 Å². The molecule has 0 unspecified atom stereocenters. The van der Waals surface area contributed by atoms with Crippen molar-refractivity contribution in [1.29, 1.82) is 0 Å². The SMILES string of the molecule is CCOc1nc(N)nc2c1ncn2[C@@H]1O[C@H](CO[P@@]2(=O)OCC[C@@H](c3ccccc3F)O2)[C@H]2OC(=O)O[C@]21C. The van der Waals surface area contributed by atoms with E-state index in [9.17, 15) is 13.8 Å². The molecule has 3 aromatic rings. The molecule has 3 fully saturated rings. The Morgan fingerprint density at radius 2 is 2.13 bits per heavy atom. The predicted molar refractivity (Wildman–Crippen MR) is 129 cm³/mol. The van der Waals surface area contributed by atoms with Crippen molar-refractivity contribution in [2.75, 3.05) is 25.6 Å². The molecule has 6 atom stereocenters. The number of phosphoric acid groups is 1. The lowest BCUT2D eigenvalue weighted by atomic mass is 9.96. The Morgan fingerprint density at radius 1 is 1.31 bits per heavy atom. The van der Waals surface area contributed by atoms with E-state index in [0.29, 0.717) is 12.1 Å². The van der Waals surface area contributed by atoms with E-state index >= 15 is 0 Å². The monoisotopic (exact) mass is 565 g/mol. The van der Waals surface area contributed by atoms with Crippen LogP contribution in [0.3, 0.4) is 0 Å². The van der Waals surface area contributed by atoms with Crippen molar-refractivity contribution in [3.05, 3.63) is 42.0 Å². The molecule has 5 heterocycles. The van der Waals surface area contributed by atoms with Gasteiger partial charge in [0.25, 0.3) is 0 Å². The summed E-state index contributed by atoms with van der Waals surface area (Å²) in [6.45, 7) is 3.40. The van der Waals surface area contributed by atoms with Crippen LogP contribution < -0.4 is 10.5 Å². The summed E-state index contributed by atoms with van der Waals surface area (Å²) in [5.41, 5.74) is 5.38. The van der Waals surface area contributed by atoms with Crippen LogP contribution in [0.1, 0.15) is 38.2 Å². The Hall–Kier alpha value is -3.36. The molecular formula is C23H25FN5O9P. The number of aromatic nitrogens is 4. The van der Waals surface area contributed by atoms with Crippen molar-refractivity contribution in [3.8, 4) is 5.88 Å². The highest BCUT2D eigenvalue weighted by molar-refractivity contribution is 7.48. The van der Waals surface area contributed by atoms with Gasteiger partial charge in [0.2, 0.25) is 11.8 Å². The molecule has 0 bridgehead atoms. The first-order chi connectivity index (χ1) is 18.7. The number of nitrogen functional groups attached to an aromatic ring is 1. The van der Waals surface area contributed by atoms with Gasteiger partial charge in [-0.15, -0.1) is 0 Å². The first kappa shape index (κ1) is 25.9. The molecule has 3 aliphatic rings. The van der Waals surface area contributed by atoms with Gasteiger partial charge in [-0.05, 0) is 19.9 Å². The van der Waals surface area contributed by atoms with Crippen molar-refractivity contribution in [2.24, 2.45) is 0 Å². The normalized spacial score (nSPS) is 32.1. The molecule has 16 heteroatoms. The standard InChI is InChI=1S/C23H25FN5O9P/c1-3-32-19-16-18(27-21(25)28-19)29(11-26-16)20-23(2)17(36-22(30)37-23)15(35-20)10-34-39(31)33-9-8-14(38-39)12-6-4-5-7-13(12)24/h4-7,11,14-15,17,20H,3,8-10H2,1-2H3,(H2,25,27,28)/t14-,15+,17+,20+,23+,39+/m0/s1. The fraction of sp³-hybridized carbons (Fsp3) is 0.478. The third kappa shape index (κ3) is 4.49. The van der Waals surface area contributed by atoms with E-state index in [1.165, 1.54) is 17.0 Å². The van der Waals surface area contributed by atoms with E-state index in [0.717, 1.165) is 0 Å². The lowest BCUT2D eigenvalue weighted by molar-refractivity contribution is -0.0926. The van der Waals surface area contributed by atoms with Crippen molar-refractivity contribution in [3.63, 3.8) is 0 Å². The minimum atomic E-state index is -4.12. The number of imidazole rings is 1. The molecule has 3 aliphatic heterocycles. The number of rotatable bonds is 7. The quantitative estimate of drug-likeness (QED) is 0.327. The molecule has 2 aromatic heterocycles. The number of phosphoric ester groups is 1. The zero-order chi connectivity index (χ0) is 27.4. The van der Waals surface area contributed by atoms with Gasteiger partial charge in [0.05, 0.1) is 32.3 Å². The summed E-state index contributed by atoms with van der Waals surface area (Å²) in [5, 5.41) is 0. The molecule has 0 aliphatic carbocycles. The second kappa shape index (κ2) is 9.68. The van der Waals surface area contributed by atoms with Crippen LogP contribution in [-0.4, -0.2) is 63.3 Å². The van der Waals surface area contributed by atoms with Gasteiger partial charge < -0.3 is 24.7 Å². The second-order valence-electron chi connectivity index (χ2n) is 9.23. The number of fused-ring (bicyclic) bond motifs is 2. The maximum Gasteiger partial charge on any atom is 0.509 e. The van der Waals surface area contributed by atoms with Gasteiger partial charge in [-0.3, -0.25) is 18.1 Å². The zero-order valence-electron chi connectivity index (χ0n) is 20.9. The molecule has 0 saturated carbocycles. The first-order valence-corrected chi connectivity index (χ1v) is 13.7. The number of nitrogens with zero attached hydrogens (tertiary/aromatic N) is 4. The van der Waals surface area contributed by atoms with E-state index in [2.05, 4.69) is 15.0 Å². The van der Waals surface area contributed by atoms with Gasteiger partial charge in [0, 0.05) is 12.0 Å². The average molecular weight is 565 g/mol. The number of carbonyl (C=O) groups is 1. The van der Waals surface area contributed by atoms with Gasteiger partial charge in [-0.25, -0.2) is 18.7 Å². The Labute approximate surface area is 221 Å². The molecule has 0 spiro atoms. The number of halogens is 1. The fourth-order valence-corrected chi connectivity index (χ4v) is 6.35. The van der Waals surface area contributed by atoms with Crippen LogP contribution >= 0.6 is 7.82 Å². The van der Waals surface area contributed by atoms with Crippen LogP contribution in [0.15, 0.2) is 30.6 Å². The van der Waals surface area contributed by atoms with Gasteiger partial charge in [0.15, 0.2) is 29.1 Å². The molecule has 2 N–H and O–H groups in total. The second-order valence-corrected chi connectivity index (χ2v) is 10.8. The van der Waals surface area contributed by atoms with E-state index in [1.54, 1.807) is 32.0 Å². The summed E-state index contributed by atoms with van der Waals surface area (Å²) >= 11 is 0. The van der Waals surface area contributed by atoms with Gasteiger partial charge in [-0.2, -0.15) is 9.97 Å². The molecule has 39 heavy (non-hydrogen) atoms. The molecule has 6 rings (SSSR count). The Morgan fingerprint density at radius 3 is 2.92 bits per heavy atom. The third-order valence-electron chi connectivity index (χ3n) is 6.70. The maximum atomic E-state index is 14.3. The van der Waals surface area contributed by atoms with Crippen molar-refractivity contribution >= 4 is 31.1 Å². The van der Waals surface area contributed by atoms with Crippen molar-refractivity contribution in [2.45, 2.75) is 50.4 Å². The molecular weight excluding hydrogens is 540 g/mol. The Kier molecular flexibility index (Phi) is 6.43. The highest BCUT2D eigenvalue weighted by Crippen LogP contribution is 2.58. The summed E-state index contributed by atoms with van der Waals surface area (Å²) in [6, 6.07) is 6.03. The molecule has 14 nitrogen and oxygen atoms in total. The molecule has 0 amide bonds. The number of benzene rings is 1. The number of ether oxygens (including phenoxy) is 4. The minimum absolute atomic E-state index is 0.0218. The van der Waals surface area contributed by atoms with Gasteiger partial charge in [-0.1, -0.05) is 18.2 Å². The van der Waals surface area contributed by atoms with Gasteiger partial charge >= 0.3 is 14.0 Å². The van der Waals surface area contributed by atoms with E-state index in [1.807, 2.05) is 0 Å². The Balaban J connectivity index is 1.25. The number of nitrogens with two attached hydrogens (primary N) is 1. The van der Waals surface area contributed by atoms with Crippen LogP contribution in [0.4, 0.5) is 15.1 Å². The zero-order valence-corrected chi connectivity index (χ0v) is 21.8. The van der Waals surface area contributed by atoms with Crippen molar-refractivity contribution in [1.82, 2.24) is 19.5 Å². The third-order valence-corrected chi connectivity index (χ3v) is 8.18. The highest BCUT2D eigenvalue weighted by atomic mass is 31.2. The number of anilines is 1. The predicted octanol–water partition coefficient (Wildman–Crippen LogP) is 3.44. The smallest absolute Gasteiger partial charge is 0.476 e. The van der Waals surface area contributed by atoms with Crippen LogP contribution in [0.5, 0.6) is 5.88 Å². The summed E-state index contributed by atoms with van der Waals surface area (Å²) in [7, 11) is -4.12. The molecule has 3 saturated heterocycles.